The molecule has 0 aliphatic rings. The molecule has 0 saturated heterocycles. The van der Waals surface area contributed by atoms with Crippen molar-refractivity contribution in [2.45, 2.75) is 17.7 Å². The van der Waals surface area contributed by atoms with E-state index in [0.717, 1.165) is 12.1 Å². The van der Waals surface area contributed by atoms with Gasteiger partial charge in [-0.25, -0.2) is 13.1 Å². The van der Waals surface area contributed by atoms with Crippen molar-refractivity contribution in [2.75, 3.05) is 0 Å². The Morgan fingerprint density at radius 3 is 2.59 bits per heavy atom. The number of nitro benzene ring substituents is 1. The van der Waals surface area contributed by atoms with Crippen molar-refractivity contribution >= 4 is 21.6 Å². The van der Waals surface area contributed by atoms with Gasteiger partial charge in [-0.05, 0) is 18.2 Å². The zero-order valence-electron chi connectivity index (χ0n) is 11.3. The van der Waals surface area contributed by atoms with E-state index in [9.17, 15) is 23.3 Å². The molecule has 9 heteroatoms. The van der Waals surface area contributed by atoms with Crippen molar-refractivity contribution in [3.8, 4) is 0 Å². The van der Waals surface area contributed by atoms with Crippen LogP contribution in [-0.4, -0.2) is 19.2 Å². The molecule has 0 radical (unpaired) electrons. The fraction of sp³-hybridized carbons (Fsp3) is 0.154. The Kier molecular flexibility index (Phi) is 4.56. The number of furan rings is 1. The normalized spacial score (nSPS) is 11.1. The standard InChI is InChI=1S/C13H12N2O6S/c16-13(8-7-10-4-3-9-21-10)14-22(19,20)12-6-2-1-5-11(12)15(17)18/h1-6,9H,7-8H2,(H,14,16). The van der Waals surface area contributed by atoms with Gasteiger partial charge in [0.15, 0.2) is 4.90 Å². The highest BCUT2D eigenvalue weighted by atomic mass is 32.2. The molecule has 0 fully saturated rings. The van der Waals surface area contributed by atoms with E-state index in [0.29, 0.717) is 5.76 Å². The van der Waals surface area contributed by atoms with Gasteiger partial charge in [0.05, 0.1) is 11.2 Å². The molecule has 1 amide bonds. The molecule has 2 aromatic rings. The topological polar surface area (TPSA) is 120 Å². The summed E-state index contributed by atoms with van der Waals surface area (Å²) < 4.78 is 31.0. The second-order valence-corrected chi connectivity index (χ2v) is 5.98. The Bertz CT molecular complexity index is 783. The monoisotopic (exact) mass is 324 g/mol. The molecule has 8 nitrogen and oxygen atoms in total. The fourth-order valence-corrected chi connectivity index (χ4v) is 2.97. The first-order valence-electron chi connectivity index (χ1n) is 6.21. The number of nitro groups is 1. The van der Waals surface area contributed by atoms with E-state index in [4.69, 9.17) is 4.42 Å². The molecular weight excluding hydrogens is 312 g/mol. The van der Waals surface area contributed by atoms with Crippen molar-refractivity contribution in [2.24, 2.45) is 0 Å². The number of amides is 1. The van der Waals surface area contributed by atoms with Gasteiger partial charge < -0.3 is 4.42 Å². The Morgan fingerprint density at radius 1 is 1.23 bits per heavy atom. The van der Waals surface area contributed by atoms with E-state index < -0.39 is 31.4 Å². The Balaban J connectivity index is 2.11. The molecule has 1 aromatic heterocycles. The lowest BCUT2D eigenvalue weighted by Gasteiger charge is -2.06. The summed E-state index contributed by atoms with van der Waals surface area (Å²) in [6, 6.07) is 8.12. The maximum atomic E-state index is 12.1. The predicted octanol–water partition coefficient (Wildman–Crippen LogP) is 1.63. The summed E-state index contributed by atoms with van der Waals surface area (Å²) in [7, 11) is -4.30. The van der Waals surface area contributed by atoms with Crippen molar-refractivity contribution in [1.29, 1.82) is 0 Å². The van der Waals surface area contributed by atoms with Gasteiger partial charge in [-0.2, -0.15) is 0 Å². The van der Waals surface area contributed by atoms with Crippen molar-refractivity contribution in [3.63, 3.8) is 0 Å². The number of carbonyl (C=O) groups excluding carboxylic acids is 1. The van der Waals surface area contributed by atoms with Crippen LogP contribution in [0.3, 0.4) is 0 Å². The van der Waals surface area contributed by atoms with Crippen LogP contribution in [0.25, 0.3) is 0 Å². The first-order valence-corrected chi connectivity index (χ1v) is 7.70. The van der Waals surface area contributed by atoms with E-state index in [1.807, 2.05) is 4.72 Å². The summed E-state index contributed by atoms with van der Waals surface area (Å²) in [5, 5.41) is 10.9. The Hall–Kier alpha value is -2.68. The van der Waals surface area contributed by atoms with Crippen LogP contribution in [0.2, 0.25) is 0 Å². The van der Waals surface area contributed by atoms with Crippen molar-refractivity contribution in [1.82, 2.24) is 4.72 Å². The van der Waals surface area contributed by atoms with Gasteiger partial charge in [-0.15, -0.1) is 0 Å². The third-order valence-corrected chi connectivity index (χ3v) is 4.20. The van der Waals surface area contributed by atoms with E-state index in [1.54, 1.807) is 12.1 Å². The van der Waals surface area contributed by atoms with Crippen LogP contribution in [-0.2, 0) is 21.2 Å². The second kappa shape index (κ2) is 6.39. The molecule has 1 aromatic carbocycles. The highest BCUT2D eigenvalue weighted by molar-refractivity contribution is 7.90. The van der Waals surface area contributed by atoms with Gasteiger partial charge >= 0.3 is 0 Å². The molecule has 0 bridgehead atoms. The quantitative estimate of drug-likeness (QED) is 0.637. The smallest absolute Gasteiger partial charge is 0.289 e. The van der Waals surface area contributed by atoms with Gasteiger partial charge in [0.2, 0.25) is 5.91 Å². The summed E-state index contributed by atoms with van der Waals surface area (Å²) in [6.07, 6.45) is 1.55. The molecule has 0 atom stereocenters. The Morgan fingerprint density at radius 2 is 1.95 bits per heavy atom. The minimum Gasteiger partial charge on any atom is -0.469 e. The summed E-state index contributed by atoms with van der Waals surface area (Å²) in [5.74, 6) is -0.229. The number of hydrogen-bond donors (Lipinski definition) is 1. The first kappa shape index (κ1) is 15.7. The number of rotatable bonds is 6. The number of aryl methyl sites for hydroxylation is 1. The minimum absolute atomic E-state index is 0.118. The molecule has 116 valence electrons. The highest BCUT2D eigenvalue weighted by Gasteiger charge is 2.26. The molecule has 0 aliphatic heterocycles. The molecule has 0 unspecified atom stereocenters. The first-order chi connectivity index (χ1) is 10.4. The van der Waals surface area contributed by atoms with Crippen LogP contribution < -0.4 is 4.72 Å². The Labute approximate surface area is 126 Å². The zero-order chi connectivity index (χ0) is 16.2. The van der Waals surface area contributed by atoms with E-state index in [2.05, 4.69) is 0 Å². The van der Waals surface area contributed by atoms with Gasteiger partial charge in [0.25, 0.3) is 15.7 Å². The molecule has 22 heavy (non-hydrogen) atoms. The number of sulfonamides is 1. The van der Waals surface area contributed by atoms with Gasteiger partial charge in [-0.3, -0.25) is 14.9 Å². The third kappa shape index (κ3) is 3.70. The molecule has 2 rings (SSSR count). The number of hydrogen-bond acceptors (Lipinski definition) is 6. The van der Waals surface area contributed by atoms with E-state index in [1.165, 1.54) is 18.4 Å². The SMILES string of the molecule is O=C(CCc1ccco1)NS(=O)(=O)c1ccccc1[N+](=O)[O-]. The fourth-order valence-electron chi connectivity index (χ4n) is 1.78. The van der Waals surface area contributed by atoms with E-state index >= 15 is 0 Å². The summed E-state index contributed by atoms with van der Waals surface area (Å²) in [4.78, 5) is 21.2. The van der Waals surface area contributed by atoms with Crippen LogP contribution in [0, 0.1) is 10.1 Å². The highest BCUT2D eigenvalue weighted by Crippen LogP contribution is 2.22. The second-order valence-electron chi connectivity index (χ2n) is 4.33. The number of benzene rings is 1. The predicted molar refractivity (Wildman–Crippen MR) is 75.5 cm³/mol. The number of nitrogens with zero attached hydrogens (tertiary/aromatic N) is 1. The van der Waals surface area contributed by atoms with Crippen LogP contribution in [0.15, 0.2) is 52.0 Å². The molecular formula is C13H12N2O6S. The lowest BCUT2D eigenvalue weighted by atomic mass is 10.2. The summed E-state index contributed by atoms with van der Waals surface area (Å²) in [5.41, 5.74) is -0.589. The molecule has 1 N–H and O–H groups in total. The van der Waals surface area contributed by atoms with Crippen LogP contribution in [0.5, 0.6) is 0 Å². The molecule has 0 aliphatic carbocycles. The van der Waals surface area contributed by atoms with Gasteiger partial charge in [-0.1, -0.05) is 12.1 Å². The maximum absolute atomic E-state index is 12.1. The number of nitrogens with one attached hydrogen (secondary N) is 1. The third-order valence-electron chi connectivity index (χ3n) is 2.78. The van der Waals surface area contributed by atoms with Crippen molar-refractivity contribution in [3.05, 3.63) is 58.5 Å². The molecule has 0 spiro atoms. The number of carbonyl (C=O) groups is 1. The van der Waals surface area contributed by atoms with Crippen LogP contribution in [0.1, 0.15) is 12.2 Å². The molecule has 1 heterocycles. The van der Waals surface area contributed by atoms with Gasteiger partial charge in [0, 0.05) is 18.9 Å². The summed E-state index contributed by atoms with van der Waals surface area (Å²) in [6.45, 7) is 0. The van der Waals surface area contributed by atoms with Crippen molar-refractivity contribution < 1.29 is 22.6 Å². The van der Waals surface area contributed by atoms with E-state index in [-0.39, 0.29) is 12.8 Å². The van der Waals surface area contributed by atoms with Gasteiger partial charge in [0.1, 0.15) is 5.76 Å². The zero-order valence-corrected chi connectivity index (χ0v) is 12.1. The average molecular weight is 324 g/mol. The molecule has 0 saturated carbocycles. The largest absolute Gasteiger partial charge is 0.469 e. The average Bonchev–Trinajstić information content (AvgIpc) is 2.98. The minimum atomic E-state index is -4.30. The maximum Gasteiger partial charge on any atom is 0.289 e. The van der Waals surface area contributed by atoms with Crippen LogP contribution >= 0.6 is 0 Å². The summed E-state index contributed by atoms with van der Waals surface area (Å²) >= 11 is 0. The van der Waals surface area contributed by atoms with Crippen LogP contribution in [0.4, 0.5) is 5.69 Å². The lowest BCUT2D eigenvalue weighted by Crippen LogP contribution is -2.31. The lowest BCUT2D eigenvalue weighted by molar-refractivity contribution is -0.387. The number of para-hydroxylation sites is 1.